The van der Waals surface area contributed by atoms with E-state index in [-0.39, 0.29) is 40.4 Å². The summed E-state index contributed by atoms with van der Waals surface area (Å²) in [5.74, 6) is -1.51. The third-order valence-electron chi connectivity index (χ3n) is 4.82. The zero-order chi connectivity index (χ0) is 23.8. The SMILES string of the molecule is Cc1nc(Cl)c(F)c(Cc2nc(-c3cc(F)cc(C(F)(F)F)c3)c(CN(C)C(C)C)s2)n1. The molecule has 0 N–H and O–H groups in total. The van der Waals surface area contributed by atoms with Crippen LogP contribution < -0.4 is 0 Å². The van der Waals surface area contributed by atoms with E-state index in [1.165, 1.54) is 11.3 Å². The highest BCUT2D eigenvalue weighted by Crippen LogP contribution is 2.36. The predicted molar refractivity (Wildman–Crippen MR) is 114 cm³/mol. The van der Waals surface area contributed by atoms with Crippen LogP contribution in [0, 0.1) is 18.6 Å². The molecule has 1 aromatic carbocycles. The van der Waals surface area contributed by atoms with E-state index in [2.05, 4.69) is 15.0 Å². The molecule has 0 fully saturated rings. The highest BCUT2D eigenvalue weighted by Gasteiger charge is 2.32. The van der Waals surface area contributed by atoms with Crippen LogP contribution >= 0.6 is 22.9 Å². The van der Waals surface area contributed by atoms with Gasteiger partial charge in [0.25, 0.3) is 0 Å². The maximum atomic E-state index is 14.4. The second-order valence-corrected chi connectivity index (χ2v) is 9.14. The fourth-order valence-electron chi connectivity index (χ4n) is 2.95. The van der Waals surface area contributed by atoms with Crippen molar-refractivity contribution in [2.45, 2.75) is 46.0 Å². The minimum absolute atomic E-state index is 0.00403. The molecular formula is C21H20ClF5N4S. The molecule has 0 bridgehead atoms. The Bertz CT molecular complexity index is 1130. The van der Waals surface area contributed by atoms with Gasteiger partial charge in [-0.2, -0.15) is 13.2 Å². The van der Waals surface area contributed by atoms with Crippen molar-refractivity contribution in [1.82, 2.24) is 19.9 Å². The van der Waals surface area contributed by atoms with E-state index in [0.717, 1.165) is 12.1 Å². The molecule has 0 unspecified atom stereocenters. The largest absolute Gasteiger partial charge is 0.416 e. The van der Waals surface area contributed by atoms with Crippen molar-refractivity contribution < 1.29 is 22.0 Å². The molecule has 32 heavy (non-hydrogen) atoms. The third-order valence-corrected chi connectivity index (χ3v) is 6.12. The van der Waals surface area contributed by atoms with Crippen LogP contribution in [-0.4, -0.2) is 32.9 Å². The van der Waals surface area contributed by atoms with E-state index in [1.807, 2.05) is 25.8 Å². The number of thiazole rings is 1. The molecule has 11 heteroatoms. The van der Waals surface area contributed by atoms with Crippen LogP contribution in [0.5, 0.6) is 0 Å². The number of nitrogens with zero attached hydrogens (tertiary/aromatic N) is 4. The van der Waals surface area contributed by atoms with Gasteiger partial charge in [0.1, 0.15) is 11.6 Å². The molecule has 2 heterocycles. The molecule has 0 aliphatic rings. The molecule has 0 aliphatic carbocycles. The molecule has 0 saturated carbocycles. The Labute approximate surface area is 191 Å². The average molecular weight is 491 g/mol. The zero-order valence-corrected chi connectivity index (χ0v) is 19.3. The lowest BCUT2D eigenvalue weighted by Crippen LogP contribution is -2.25. The number of alkyl halides is 3. The molecule has 3 rings (SSSR count). The van der Waals surface area contributed by atoms with Gasteiger partial charge in [-0.1, -0.05) is 11.6 Å². The smallest absolute Gasteiger partial charge is 0.299 e. The Balaban J connectivity index is 2.10. The monoisotopic (exact) mass is 490 g/mol. The lowest BCUT2D eigenvalue weighted by molar-refractivity contribution is -0.137. The van der Waals surface area contributed by atoms with Crippen molar-refractivity contribution in [1.29, 1.82) is 0 Å². The molecule has 0 spiro atoms. The summed E-state index contributed by atoms with van der Waals surface area (Å²) in [5.41, 5.74) is -0.847. The van der Waals surface area contributed by atoms with Crippen molar-refractivity contribution in [2.24, 2.45) is 0 Å². The summed E-state index contributed by atoms with van der Waals surface area (Å²) in [6, 6.07) is 2.47. The Kier molecular flexibility index (Phi) is 7.16. The molecule has 0 amide bonds. The summed E-state index contributed by atoms with van der Waals surface area (Å²) in [7, 11) is 1.85. The number of hydrogen-bond acceptors (Lipinski definition) is 5. The van der Waals surface area contributed by atoms with Crippen molar-refractivity contribution in [3.05, 3.63) is 62.0 Å². The molecule has 3 aromatic rings. The first-order valence-electron chi connectivity index (χ1n) is 9.60. The summed E-state index contributed by atoms with van der Waals surface area (Å²) >= 11 is 7.01. The average Bonchev–Trinajstić information content (AvgIpc) is 3.06. The molecule has 172 valence electrons. The number of aryl methyl sites for hydroxylation is 1. The van der Waals surface area contributed by atoms with Gasteiger partial charge in [-0.15, -0.1) is 11.3 Å². The molecule has 4 nitrogen and oxygen atoms in total. The fourth-order valence-corrected chi connectivity index (χ4v) is 4.34. The van der Waals surface area contributed by atoms with E-state index in [4.69, 9.17) is 11.6 Å². The zero-order valence-electron chi connectivity index (χ0n) is 17.7. The van der Waals surface area contributed by atoms with E-state index >= 15 is 0 Å². The number of halogens is 6. The Morgan fingerprint density at radius 1 is 1.09 bits per heavy atom. The molecule has 2 aromatic heterocycles. The summed E-state index contributed by atoms with van der Waals surface area (Å²) in [4.78, 5) is 14.9. The molecular weight excluding hydrogens is 471 g/mol. The summed E-state index contributed by atoms with van der Waals surface area (Å²) < 4.78 is 68.1. The fraction of sp³-hybridized carbons (Fsp3) is 0.381. The Morgan fingerprint density at radius 3 is 2.41 bits per heavy atom. The molecule has 0 aliphatic heterocycles. The highest BCUT2D eigenvalue weighted by molar-refractivity contribution is 7.12. The lowest BCUT2D eigenvalue weighted by atomic mass is 10.1. The maximum Gasteiger partial charge on any atom is 0.416 e. The van der Waals surface area contributed by atoms with E-state index in [1.54, 1.807) is 6.92 Å². The summed E-state index contributed by atoms with van der Waals surface area (Å²) in [5, 5.41) is 0.0991. The van der Waals surface area contributed by atoms with Gasteiger partial charge in [0.05, 0.1) is 22.0 Å². The second-order valence-electron chi connectivity index (χ2n) is 7.61. The van der Waals surface area contributed by atoms with Gasteiger partial charge in [-0.3, -0.25) is 4.90 Å². The van der Waals surface area contributed by atoms with Gasteiger partial charge in [0, 0.05) is 29.4 Å². The van der Waals surface area contributed by atoms with Crippen molar-refractivity contribution in [2.75, 3.05) is 7.05 Å². The standard InChI is InChI=1S/C21H20ClF5N4S/c1-10(2)31(4)9-16-19(12-5-13(21(25,26)27)7-14(23)6-12)30-17(32-16)8-15-18(24)20(22)29-11(3)28-15/h5-7,10H,8-9H2,1-4H3. The van der Waals surface area contributed by atoms with Crippen LogP contribution in [-0.2, 0) is 19.1 Å². The normalized spacial score (nSPS) is 12.2. The topological polar surface area (TPSA) is 41.9 Å². The quantitative estimate of drug-likeness (QED) is 0.301. The van der Waals surface area contributed by atoms with Gasteiger partial charge in [-0.25, -0.2) is 23.7 Å². The maximum absolute atomic E-state index is 14.4. The number of aromatic nitrogens is 3. The van der Waals surface area contributed by atoms with Gasteiger partial charge in [-0.05, 0) is 46.0 Å². The van der Waals surface area contributed by atoms with Crippen molar-refractivity contribution in [3.8, 4) is 11.3 Å². The van der Waals surface area contributed by atoms with Crippen LogP contribution in [0.25, 0.3) is 11.3 Å². The number of rotatable bonds is 6. The molecule has 0 saturated heterocycles. The number of hydrogen-bond donors (Lipinski definition) is 0. The first-order chi connectivity index (χ1) is 14.8. The Morgan fingerprint density at radius 2 is 1.78 bits per heavy atom. The van der Waals surface area contributed by atoms with Gasteiger partial charge in [0.2, 0.25) is 0 Å². The van der Waals surface area contributed by atoms with Gasteiger partial charge >= 0.3 is 6.18 Å². The minimum atomic E-state index is -4.71. The van der Waals surface area contributed by atoms with E-state index in [0.29, 0.717) is 22.5 Å². The number of benzene rings is 1. The van der Waals surface area contributed by atoms with Crippen LogP contribution in [0.4, 0.5) is 22.0 Å². The summed E-state index contributed by atoms with van der Waals surface area (Å²) in [6.45, 7) is 5.87. The van der Waals surface area contributed by atoms with E-state index in [9.17, 15) is 22.0 Å². The van der Waals surface area contributed by atoms with Gasteiger partial charge in [0.15, 0.2) is 11.0 Å². The Hall–Kier alpha value is -2.17. The van der Waals surface area contributed by atoms with Crippen LogP contribution in [0.1, 0.15) is 40.8 Å². The molecule has 0 atom stereocenters. The van der Waals surface area contributed by atoms with E-state index < -0.39 is 23.4 Å². The first kappa shape index (κ1) is 24.5. The minimum Gasteiger partial charge on any atom is -0.299 e. The predicted octanol–water partition coefficient (Wildman–Crippen LogP) is 6.29. The van der Waals surface area contributed by atoms with Crippen molar-refractivity contribution in [3.63, 3.8) is 0 Å². The van der Waals surface area contributed by atoms with Crippen molar-refractivity contribution >= 4 is 22.9 Å². The van der Waals surface area contributed by atoms with Crippen LogP contribution in [0.15, 0.2) is 18.2 Å². The summed E-state index contributed by atoms with van der Waals surface area (Å²) in [6.07, 6.45) is -4.73. The van der Waals surface area contributed by atoms with Crippen LogP contribution in [0.2, 0.25) is 5.15 Å². The second kappa shape index (κ2) is 9.36. The third kappa shape index (κ3) is 5.60. The molecule has 0 radical (unpaired) electrons. The first-order valence-corrected chi connectivity index (χ1v) is 10.8. The lowest BCUT2D eigenvalue weighted by Gasteiger charge is -2.20. The highest BCUT2D eigenvalue weighted by atomic mass is 35.5. The van der Waals surface area contributed by atoms with Crippen LogP contribution in [0.3, 0.4) is 0 Å². The van der Waals surface area contributed by atoms with Gasteiger partial charge < -0.3 is 0 Å².